The van der Waals surface area contributed by atoms with E-state index in [1.807, 2.05) is 12.1 Å². The molecule has 1 aliphatic heterocycles. The van der Waals surface area contributed by atoms with E-state index in [4.69, 9.17) is 0 Å². The molecule has 0 fully saturated rings. The molecule has 0 radical (unpaired) electrons. The minimum absolute atomic E-state index is 0.0233. The van der Waals surface area contributed by atoms with Crippen molar-refractivity contribution in [3.63, 3.8) is 0 Å². The van der Waals surface area contributed by atoms with Crippen molar-refractivity contribution in [2.45, 2.75) is 12.8 Å². The van der Waals surface area contributed by atoms with Gasteiger partial charge in [0.2, 0.25) is 5.91 Å². The van der Waals surface area contributed by atoms with Crippen LogP contribution in [0.1, 0.15) is 12.0 Å². The summed E-state index contributed by atoms with van der Waals surface area (Å²) in [4.78, 5) is 19.9. The lowest BCUT2D eigenvalue weighted by molar-refractivity contribution is -0.116. The molecular weight excluding hydrogens is 270 g/mol. The van der Waals surface area contributed by atoms with Crippen LogP contribution < -0.4 is 5.32 Å². The third kappa shape index (κ3) is 1.39. The SMILES string of the molecule is O=C1CCc2c(nc(Br)c3ncccc23)N1. The van der Waals surface area contributed by atoms with E-state index < -0.39 is 0 Å². The fourth-order valence-corrected chi connectivity index (χ4v) is 2.44. The van der Waals surface area contributed by atoms with Gasteiger partial charge in [0.1, 0.15) is 15.9 Å². The quantitative estimate of drug-likeness (QED) is 0.752. The van der Waals surface area contributed by atoms with E-state index in [0.29, 0.717) is 16.8 Å². The smallest absolute Gasteiger partial charge is 0.225 e. The number of pyridine rings is 2. The van der Waals surface area contributed by atoms with Crippen LogP contribution in [0, 0.1) is 0 Å². The van der Waals surface area contributed by atoms with Gasteiger partial charge in [-0.15, -0.1) is 0 Å². The average molecular weight is 278 g/mol. The van der Waals surface area contributed by atoms with Crippen molar-refractivity contribution in [1.82, 2.24) is 9.97 Å². The molecule has 0 atom stereocenters. The number of nitrogens with zero attached hydrogens (tertiary/aromatic N) is 2. The predicted octanol–water partition coefficient (Wildman–Crippen LogP) is 2.28. The van der Waals surface area contributed by atoms with E-state index >= 15 is 0 Å². The molecule has 3 rings (SSSR count). The van der Waals surface area contributed by atoms with Crippen molar-refractivity contribution in [2.24, 2.45) is 0 Å². The number of fused-ring (bicyclic) bond motifs is 3. The molecule has 3 heterocycles. The minimum atomic E-state index is 0.0233. The topological polar surface area (TPSA) is 54.9 Å². The van der Waals surface area contributed by atoms with Crippen LogP contribution in [0.3, 0.4) is 0 Å². The molecule has 5 heteroatoms. The highest BCUT2D eigenvalue weighted by molar-refractivity contribution is 9.10. The molecule has 0 saturated heterocycles. The Morgan fingerprint density at radius 1 is 1.38 bits per heavy atom. The first-order valence-corrected chi connectivity index (χ1v) is 5.78. The first-order chi connectivity index (χ1) is 7.75. The molecule has 2 aromatic rings. The number of aryl methyl sites for hydroxylation is 1. The molecule has 0 aromatic carbocycles. The van der Waals surface area contributed by atoms with Crippen LogP contribution in [-0.2, 0) is 11.2 Å². The normalized spacial score (nSPS) is 14.7. The van der Waals surface area contributed by atoms with Gasteiger partial charge < -0.3 is 5.32 Å². The van der Waals surface area contributed by atoms with Gasteiger partial charge in [0.05, 0.1) is 0 Å². The number of amides is 1. The van der Waals surface area contributed by atoms with Crippen LogP contribution in [0.15, 0.2) is 22.9 Å². The Bertz CT molecular complexity index is 597. The molecule has 4 nitrogen and oxygen atoms in total. The van der Waals surface area contributed by atoms with Crippen molar-refractivity contribution >= 4 is 38.6 Å². The molecule has 0 aliphatic carbocycles. The number of rotatable bonds is 0. The van der Waals surface area contributed by atoms with Crippen molar-refractivity contribution < 1.29 is 4.79 Å². The average Bonchev–Trinajstić information content (AvgIpc) is 2.29. The second kappa shape index (κ2) is 3.52. The summed E-state index contributed by atoms with van der Waals surface area (Å²) in [6, 6.07) is 3.90. The molecule has 0 bridgehead atoms. The lowest BCUT2D eigenvalue weighted by atomic mass is 10.0. The Labute approximate surface area is 100 Å². The van der Waals surface area contributed by atoms with Crippen molar-refractivity contribution in [3.8, 4) is 0 Å². The highest BCUT2D eigenvalue weighted by atomic mass is 79.9. The molecule has 16 heavy (non-hydrogen) atoms. The number of aromatic nitrogens is 2. The number of hydrogen-bond donors (Lipinski definition) is 1. The summed E-state index contributed by atoms with van der Waals surface area (Å²) in [6.45, 7) is 0. The molecule has 1 N–H and O–H groups in total. The van der Waals surface area contributed by atoms with E-state index in [-0.39, 0.29) is 5.91 Å². The van der Waals surface area contributed by atoms with Gasteiger partial charge in [0, 0.05) is 23.6 Å². The second-order valence-electron chi connectivity index (χ2n) is 3.68. The second-order valence-corrected chi connectivity index (χ2v) is 4.43. The van der Waals surface area contributed by atoms with Crippen LogP contribution in [0.4, 0.5) is 5.82 Å². The highest BCUT2D eigenvalue weighted by Crippen LogP contribution is 2.31. The summed E-state index contributed by atoms with van der Waals surface area (Å²) in [5.74, 6) is 0.679. The Morgan fingerprint density at radius 2 is 2.25 bits per heavy atom. The Balaban J connectivity index is 2.35. The zero-order valence-electron chi connectivity index (χ0n) is 8.33. The van der Waals surface area contributed by atoms with E-state index in [1.165, 1.54) is 0 Å². The summed E-state index contributed by atoms with van der Waals surface area (Å²) >= 11 is 3.37. The molecule has 80 valence electrons. The minimum Gasteiger partial charge on any atom is -0.310 e. The molecule has 2 aromatic heterocycles. The number of anilines is 1. The number of carbonyl (C=O) groups excluding carboxylic acids is 1. The third-order valence-electron chi connectivity index (χ3n) is 2.68. The fraction of sp³-hybridized carbons (Fsp3) is 0.182. The Kier molecular flexibility index (Phi) is 2.14. The maximum Gasteiger partial charge on any atom is 0.225 e. The van der Waals surface area contributed by atoms with Gasteiger partial charge in [-0.1, -0.05) is 6.07 Å². The van der Waals surface area contributed by atoms with E-state index in [1.54, 1.807) is 6.20 Å². The van der Waals surface area contributed by atoms with Gasteiger partial charge >= 0.3 is 0 Å². The largest absolute Gasteiger partial charge is 0.310 e. The maximum absolute atomic E-state index is 11.3. The van der Waals surface area contributed by atoms with E-state index in [9.17, 15) is 4.79 Å². The van der Waals surface area contributed by atoms with Crippen molar-refractivity contribution in [2.75, 3.05) is 5.32 Å². The van der Waals surface area contributed by atoms with Crippen LogP contribution in [0.2, 0.25) is 0 Å². The van der Waals surface area contributed by atoms with Gasteiger partial charge in [0.15, 0.2) is 0 Å². The highest BCUT2D eigenvalue weighted by Gasteiger charge is 2.20. The Hall–Kier alpha value is -1.49. The lowest BCUT2D eigenvalue weighted by Gasteiger charge is -2.17. The van der Waals surface area contributed by atoms with Gasteiger partial charge in [-0.05, 0) is 28.4 Å². The monoisotopic (exact) mass is 277 g/mol. The summed E-state index contributed by atoms with van der Waals surface area (Å²) in [7, 11) is 0. The number of halogens is 1. The standard InChI is InChI=1S/C11H8BrN3O/c12-10-9-6(2-1-5-13-9)7-3-4-8(16)14-11(7)15-10/h1-2,5H,3-4H2,(H,14,15,16). The van der Waals surface area contributed by atoms with Gasteiger partial charge in [-0.3, -0.25) is 9.78 Å². The molecule has 1 amide bonds. The maximum atomic E-state index is 11.3. The van der Waals surface area contributed by atoms with E-state index in [0.717, 1.165) is 22.9 Å². The predicted molar refractivity (Wildman–Crippen MR) is 64.2 cm³/mol. The van der Waals surface area contributed by atoms with Crippen LogP contribution in [0.5, 0.6) is 0 Å². The lowest BCUT2D eigenvalue weighted by Crippen LogP contribution is -2.20. The van der Waals surface area contributed by atoms with Gasteiger partial charge in [-0.2, -0.15) is 0 Å². The zero-order chi connectivity index (χ0) is 11.1. The first-order valence-electron chi connectivity index (χ1n) is 4.98. The van der Waals surface area contributed by atoms with Gasteiger partial charge in [-0.25, -0.2) is 4.98 Å². The number of hydrogen-bond acceptors (Lipinski definition) is 3. The summed E-state index contributed by atoms with van der Waals surface area (Å²) < 4.78 is 0.670. The van der Waals surface area contributed by atoms with Gasteiger partial charge in [0.25, 0.3) is 0 Å². The third-order valence-corrected chi connectivity index (χ3v) is 3.24. The molecule has 1 aliphatic rings. The molecule has 0 unspecified atom stereocenters. The number of carbonyl (C=O) groups is 1. The van der Waals surface area contributed by atoms with Crippen LogP contribution in [-0.4, -0.2) is 15.9 Å². The zero-order valence-corrected chi connectivity index (χ0v) is 9.91. The van der Waals surface area contributed by atoms with Crippen LogP contribution in [0.25, 0.3) is 10.9 Å². The van der Waals surface area contributed by atoms with Crippen LogP contribution >= 0.6 is 15.9 Å². The molecular formula is C11H8BrN3O. The number of nitrogens with one attached hydrogen (secondary N) is 1. The Morgan fingerprint density at radius 3 is 3.12 bits per heavy atom. The first kappa shape index (κ1) is 9.72. The van der Waals surface area contributed by atoms with E-state index in [2.05, 4.69) is 31.2 Å². The van der Waals surface area contributed by atoms with Crippen molar-refractivity contribution in [1.29, 1.82) is 0 Å². The van der Waals surface area contributed by atoms with Crippen molar-refractivity contribution in [3.05, 3.63) is 28.5 Å². The summed E-state index contributed by atoms with van der Waals surface area (Å²) in [5.41, 5.74) is 1.92. The summed E-state index contributed by atoms with van der Waals surface area (Å²) in [6.07, 6.45) is 2.98. The summed E-state index contributed by atoms with van der Waals surface area (Å²) in [5, 5.41) is 3.84. The fourth-order valence-electron chi connectivity index (χ4n) is 1.95. The molecule has 0 spiro atoms. The molecule has 0 saturated carbocycles.